The maximum absolute atomic E-state index is 12.9. The minimum atomic E-state index is -4.80. The van der Waals surface area contributed by atoms with Gasteiger partial charge >= 0.3 is 25.7 Å². The van der Waals surface area contributed by atoms with Crippen LogP contribution in [-0.4, -0.2) is 66.5 Å². The first-order chi connectivity index (χ1) is 37.2. The summed E-state index contributed by atoms with van der Waals surface area (Å²) >= 11 is 0. The smallest absolute Gasteiger partial charge is 0.461 e. The monoisotopic (exact) mass is 1070 g/mol. The van der Waals surface area contributed by atoms with Crippen LogP contribution in [0.5, 0.6) is 0 Å². The second kappa shape index (κ2) is 56.3. The summed E-state index contributed by atoms with van der Waals surface area (Å²) in [5.74, 6) is -1.70. The summed E-state index contributed by atoms with van der Waals surface area (Å²) in [6.45, 7) is 4.09. The molecule has 0 spiro atoms. The van der Waals surface area contributed by atoms with E-state index in [9.17, 15) is 28.9 Å². The summed E-state index contributed by atoms with van der Waals surface area (Å²) in [5.41, 5.74) is 0. The van der Waals surface area contributed by atoms with Crippen molar-refractivity contribution in [1.29, 1.82) is 0 Å². The molecule has 0 aromatic heterocycles. The largest absolute Gasteiger partial charge is 0.472 e. The maximum atomic E-state index is 12.9. The van der Waals surface area contributed by atoms with Crippen molar-refractivity contribution in [3.05, 3.63) is 158 Å². The van der Waals surface area contributed by atoms with Crippen molar-refractivity contribution < 1.29 is 52.2 Å². The molecule has 3 atom stereocenters. The fourth-order valence-corrected chi connectivity index (χ4v) is 7.55. The molecular formula is C64H99O11P. The van der Waals surface area contributed by atoms with Gasteiger partial charge in [-0.3, -0.25) is 23.4 Å². The third kappa shape index (κ3) is 53.9. The number of allylic oxidation sites excluding steroid dienone is 25. The summed E-state index contributed by atoms with van der Waals surface area (Å²) in [6, 6.07) is 0. The Kier molecular flexibility index (Phi) is 52.7. The Morgan fingerprint density at radius 1 is 0.382 bits per heavy atom. The molecule has 12 heteroatoms. The molecule has 0 radical (unpaired) electrons. The van der Waals surface area contributed by atoms with Crippen LogP contribution in [0.2, 0.25) is 0 Å². The predicted molar refractivity (Wildman–Crippen MR) is 315 cm³/mol. The SMILES string of the molecule is CC/C=C\C/C=C\C/C=C\C/C=C\C/C=C\CC(=O)OCC(COP(=O)(O)OCC(CO)OC(=O)CCCC/C=C\C/C=C\C/C=C\C/C=C\CC)OC(=O)CCCCCCCC/C=C\C/C=C\C/C=C\C/C=C\CC. The Labute approximate surface area is 460 Å². The van der Waals surface area contributed by atoms with Gasteiger partial charge in [-0.25, -0.2) is 4.57 Å². The second-order valence-corrected chi connectivity index (χ2v) is 19.4. The number of ether oxygens (including phenoxy) is 3. The minimum absolute atomic E-state index is 0.0212. The fraction of sp³-hybridized carbons (Fsp3) is 0.547. The lowest BCUT2D eigenvalue weighted by atomic mass is 10.1. The number of aliphatic hydroxyl groups is 1. The van der Waals surface area contributed by atoms with E-state index in [2.05, 4.69) is 161 Å². The van der Waals surface area contributed by atoms with Crippen LogP contribution < -0.4 is 0 Å². The molecule has 0 aliphatic heterocycles. The summed E-state index contributed by atoms with van der Waals surface area (Å²) in [4.78, 5) is 48.5. The molecule has 11 nitrogen and oxygen atoms in total. The van der Waals surface area contributed by atoms with Crippen molar-refractivity contribution in [2.45, 2.75) is 200 Å². The zero-order valence-corrected chi connectivity index (χ0v) is 47.8. The molecule has 0 aliphatic rings. The van der Waals surface area contributed by atoms with E-state index in [0.29, 0.717) is 19.3 Å². The van der Waals surface area contributed by atoms with Gasteiger partial charge in [-0.05, 0) is 122 Å². The van der Waals surface area contributed by atoms with E-state index in [4.69, 9.17) is 23.3 Å². The lowest BCUT2D eigenvalue weighted by Gasteiger charge is -2.21. The van der Waals surface area contributed by atoms with Gasteiger partial charge in [0.05, 0.1) is 26.2 Å². The molecule has 0 aromatic rings. The highest BCUT2D eigenvalue weighted by Gasteiger charge is 2.28. The Morgan fingerprint density at radius 2 is 0.684 bits per heavy atom. The number of phosphoric acid groups is 1. The number of unbranched alkanes of at least 4 members (excludes halogenated alkanes) is 8. The highest BCUT2D eigenvalue weighted by atomic mass is 31.2. The van der Waals surface area contributed by atoms with Crippen LogP contribution in [0.4, 0.5) is 0 Å². The van der Waals surface area contributed by atoms with E-state index in [1.165, 1.54) is 0 Å². The Hall–Kier alpha value is -4.90. The van der Waals surface area contributed by atoms with Gasteiger partial charge in [0.15, 0.2) is 6.10 Å². The van der Waals surface area contributed by atoms with Gasteiger partial charge in [0.1, 0.15) is 12.7 Å². The van der Waals surface area contributed by atoms with Gasteiger partial charge in [0.25, 0.3) is 0 Å². The average molecular weight is 1080 g/mol. The molecule has 0 aromatic carbocycles. The van der Waals surface area contributed by atoms with Crippen LogP contribution in [0.15, 0.2) is 158 Å². The topological polar surface area (TPSA) is 155 Å². The lowest BCUT2D eigenvalue weighted by Crippen LogP contribution is -2.30. The Bertz CT molecular complexity index is 1880. The standard InChI is InChI=1S/C64H99O11P/c1-4-7-10-13-16-19-22-25-28-29-30-31-34-37-40-43-46-49-52-55-64(68)75-61(57-71-62(66)53-50-47-44-41-38-35-32-26-23-20-17-14-11-8-5-2)59-73-76(69,70)72-58-60(56-65)74-63(67)54-51-48-45-42-39-36-33-27-24-21-18-15-12-9-6-3/h7-12,16-21,25-28,30-33,38-39,41-42,47,50,60-61,65H,4-6,13-15,22-24,29,34-37,40,43-46,48-49,51-59H2,1-3H3,(H,69,70)/b10-7-,11-8-,12-9-,19-16-,20-17-,21-18-,28-25-,31-30-,32-26-,33-27-,41-38-,42-39-,50-47-. The Balaban J connectivity index is 4.92. The quantitative estimate of drug-likeness (QED) is 0.0197. The van der Waals surface area contributed by atoms with Crippen molar-refractivity contribution in [2.24, 2.45) is 0 Å². The van der Waals surface area contributed by atoms with E-state index < -0.39 is 64.4 Å². The number of rotatable bonds is 50. The van der Waals surface area contributed by atoms with Crippen molar-refractivity contribution in [3.63, 3.8) is 0 Å². The molecule has 426 valence electrons. The van der Waals surface area contributed by atoms with Gasteiger partial charge in [0.2, 0.25) is 0 Å². The van der Waals surface area contributed by atoms with E-state index in [0.717, 1.165) is 128 Å². The molecule has 0 saturated heterocycles. The van der Waals surface area contributed by atoms with E-state index in [-0.39, 0.29) is 19.3 Å². The number of phosphoric ester groups is 1. The Morgan fingerprint density at radius 3 is 1.08 bits per heavy atom. The predicted octanol–water partition coefficient (Wildman–Crippen LogP) is 16.9. The summed E-state index contributed by atoms with van der Waals surface area (Å²) in [6.07, 6.45) is 73.8. The number of carbonyl (C=O) groups excluding carboxylic acids is 3. The molecule has 2 N–H and O–H groups in total. The average Bonchev–Trinajstić information content (AvgIpc) is 3.41. The van der Waals surface area contributed by atoms with E-state index in [1.54, 1.807) is 6.08 Å². The summed E-state index contributed by atoms with van der Waals surface area (Å²) in [7, 11) is -4.80. The third-order valence-electron chi connectivity index (χ3n) is 11.0. The van der Waals surface area contributed by atoms with Crippen LogP contribution >= 0.6 is 7.82 Å². The first-order valence-corrected chi connectivity index (χ1v) is 29.9. The maximum Gasteiger partial charge on any atom is 0.472 e. The highest BCUT2D eigenvalue weighted by Crippen LogP contribution is 2.43. The summed E-state index contributed by atoms with van der Waals surface area (Å²) in [5, 5.41) is 9.81. The zero-order valence-electron chi connectivity index (χ0n) is 46.9. The van der Waals surface area contributed by atoms with Gasteiger partial charge < -0.3 is 24.2 Å². The second-order valence-electron chi connectivity index (χ2n) is 18.0. The number of hydrogen-bond donors (Lipinski definition) is 2. The van der Waals surface area contributed by atoms with Crippen LogP contribution in [0.25, 0.3) is 0 Å². The molecular weight excluding hydrogens is 976 g/mol. The van der Waals surface area contributed by atoms with Crippen LogP contribution in [0.1, 0.15) is 188 Å². The molecule has 0 bridgehead atoms. The van der Waals surface area contributed by atoms with Crippen molar-refractivity contribution in [1.82, 2.24) is 0 Å². The van der Waals surface area contributed by atoms with Crippen molar-refractivity contribution >= 4 is 25.7 Å². The van der Waals surface area contributed by atoms with Gasteiger partial charge in [-0.2, -0.15) is 0 Å². The molecule has 3 unspecified atom stereocenters. The molecule has 0 aliphatic carbocycles. The van der Waals surface area contributed by atoms with Crippen LogP contribution in [-0.2, 0) is 42.2 Å². The molecule has 0 saturated carbocycles. The molecule has 0 amide bonds. The minimum Gasteiger partial charge on any atom is -0.461 e. The first-order valence-electron chi connectivity index (χ1n) is 28.4. The highest BCUT2D eigenvalue weighted by molar-refractivity contribution is 7.47. The van der Waals surface area contributed by atoms with E-state index >= 15 is 0 Å². The number of esters is 3. The van der Waals surface area contributed by atoms with Gasteiger partial charge in [-0.1, -0.05) is 204 Å². The van der Waals surface area contributed by atoms with Gasteiger partial charge in [-0.15, -0.1) is 0 Å². The summed E-state index contributed by atoms with van der Waals surface area (Å²) < 4.78 is 39.3. The van der Waals surface area contributed by atoms with Crippen LogP contribution in [0, 0.1) is 0 Å². The number of aliphatic hydroxyl groups excluding tert-OH is 1. The fourth-order valence-electron chi connectivity index (χ4n) is 6.76. The number of carbonyl (C=O) groups is 3. The van der Waals surface area contributed by atoms with Crippen molar-refractivity contribution in [3.8, 4) is 0 Å². The molecule has 0 rings (SSSR count). The molecule has 0 fully saturated rings. The zero-order chi connectivity index (χ0) is 55.5. The van der Waals surface area contributed by atoms with Gasteiger partial charge in [0, 0.05) is 12.8 Å². The third-order valence-corrected chi connectivity index (χ3v) is 11.9. The molecule has 0 heterocycles. The van der Waals surface area contributed by atoms with E-state index in [1.807, 2.05) is 12.2 Å². The lowest BCUT2D eigenvalue weighted by molar-refractivity contribution is -0.161. The first kappa shape index (κ1) is 71.1. The number of hydrogen-bond acceptors (Lipinski definition) is 10. The van der Waals surface area contributed by atoms with Crippen LogP contribution in [0.3, 0.4) is 0 Å². The molecule has 76 heavy (non-hydrogen) atoms. The normalized spacial score (nSPS) is 14.5. The van der Waals surface area contributed by atoms with Crippen molar-refractivity contribution in [2.75, 3.05) is 26.4 Å².